The van der Waals surface area contributed by atoms with E-state index in [0.717, 1.165) is 5.69 Å². The van der Waals surface area contributed by atoms with Crippen LogP contribution in [0.3, 0.4) is 0 Å². The first-order chi connectivity index (χ1) is 11.1. The van der Waals surface area contributed by atoms with E-state index < -0.39 is 5.54 Å². The Labute approximate surface area is 134 Å². The summed E-state index contributed by atoms with van der Waals surface area (Å²) in [7, 11) is 0. The third-order valence-electron chi connectivity index (χ3n) is 4.35. The van der Waals surface area contributed by atoms with Gasteiger partial charge < -0.3 is 25.4 Å². The van der Waals surface area contributed by atoms with Gasteiger partial charge in [0, 0.05) is 37.7 Å². The molecule has 2 saturated heterocycles. The minimum absolute atomic E-state index is 0.292. The van der Waals surface area contributed by atoms with Gasteiger partial charge in [0.1, 0.15) is 11.4 Å². The van der Waals surface area contributed by atoms with Crippen LogP contribution in [-0.4, -0.2) is 51.0 Å². The summed E-state index contributed by atoms with van der Waals surface area (Å²) in [4.78, 5) is 14.5. The van der Waals surface area contributed by atoms with Crippen molar-refractivity contribution in [3.63, 3.8) is 0 Å². The molecule has 1 aromatic rings. The number of nitrogens with one attached hydrogen (secondary N) is 1. The first kappa shape index (κ1) is 16.2. The molecular formula is C16H22FN3O3. The van der Waals surface area contributed by atoms with E-state index in [1.807, 2.05) is 4.90 Å². The van der Waals surface area contributed by atoms with Crippen LogP contribution in [0.2, 0.25) is 0 Å². The van der Waals surface area contributed by atoms with E-state index >= 15 is 0 Å². The molecule has 0 radical (unpaired) electrons. The maximum absolute atomic E-state index is 13.9. The summed E-state index contributed by atoms with van der Waals surface area (Å²) in [6, 6.07) is 4.55. The molecule has 0 unspecified atom stereocenters. The molecule has 2 fully saturated rings. The quantitative estimate of drug-likeness (QED) is 0.871. The van der Waals surface area contributed by atoms with Crippen LogP contribution in [0.25, 0.3) is 0 Å². The normalized spacial score (nSPS) is 21.0. The van der Waals surface area contributed by atoms with Gasteiger partial charge in [-0.05, 0) is 31.0 Å². The summed E-state index contributed by atoms with van der Waals surface area (Å²) in [5.41, 5.74) is 6.36. The van der Waals surface area contributed by atoms with E-state index in [1.165, 1.54) is 12.1 Å². The molecule has 3 N–H and O–H groups in total. The average Bonchev–Trinajstić information content (AvgIpc) is 2.56. The maximum atomic E-state index is 13.9. The van der Waals surface area contributed by atoms with Crippen LogP contribution in [0.5, 0.6) is 0 Å². The lowest BCUT2D eigenvalue weighted by Crippen LogP contribution is -2.54. The van der Waals surface area contributed by atoms with Gasteiger partial charge in [0.2, 0.25) is 5.91 Å². The van der Waals surface area contributed by atoms with Crippen LogP contribution >= 0.6 is 0 Å². The third kappa shape index (κ3) is 3.80. The van der Waals surface area contributed by atoms with Crippen molar-refractivity contribution < 1.29 is 18.7 Å². The molecule has 0 saturated carbocycles. The van der Waals surface area contributed by atoms with E-state index in [2.05, 4.69) is 5.32 Å². The molecule has 23 heavy (non-hydrogen) atoms. The molecule has 2 heterocycles. The number of hydrogen-bond donors (Lipinski definition) is 2. The van der Waals surface area contributed by atoms with Crippen molar-refractivity contribution in [1.29, 1.82) is 0 Å². The zero-order valence-corrected chi connectivity index (χ0v) is 13.0. The molecule has 0 atom stereocenters. The molecule has 6 nitrogen and oxygen atoms in total. The second-order valence-electron chi connectivity index (χ2n) is 6.02. The van der Waals surface area contributed by atoms with Crippen molar-refractivity contribution in [1.82, 2.24) is 0 Å². The molecule has 2 aliphatic rings. The lowest BCUT2D eigenvalue weighted by atomic mass is 9.90. The van der Waals surface area contributed by atoms with E-state index in [1.54, 1.807) is 6.07 Å². The highest BCUT2D eigenvalue weighted by Crippen LogP contribution is 2.25. The summed E-state index contributed by atoms with van der Waals surface area (Å²) in [6.07, 6.45) is 0.926. The summed E-state index contributed by atoms with van der Waals surface area (Å²) in [5.74, 6) is -0.679. The number of halogens is 1. The van der Waals surface area contributed by atoms with E-state index in [9.17, 15) is 9.18 Å². The number of amides is 1. The number of rotatable bonds is 3. The number of hydrogen-bond acceptors (Lipinski definition) is 5. The number of morpholine rings is 1. The van der Waals surface area contributed by atoms with Crippen LogP contribution in [-0.2, 0) is 14.3 Å². The average molecular weight is 323 g/mol. The fourth-order valence-corrected chi connectivity index (χ4v) is 2.87. The Balaban J connectivity index is 1.74. The van der Waals surface area contributed by atoms with Crippen LogP contribution in [0.15, 0.2) is 18.2 Å². The predicted molar refractivity (Wildman–Crippen MR) is 85.0 cm³/mol. The van der Waals surface area contributed by atoms with Crippen LogP contribution in [0.1, 0.15) is 12.8 Å². The highest BCUT2D eigenvalue weighted by molar-refractivity contribution is 5.98. The molecule has 1 aromatic carbocycles. The smallest absolute Gasteiger partial charge is 0.244 e. The second-order valence-corrected chi connectivity index (χ2v) is 6.02. The number of ether oxygens (including phenoxy) is 2. The van der Waals surface area contributed by atoms with Crippen molar-refractivity contribution in [2.75, 3.05) is 49.7 Å². The van der Waals surface area contributed by atoms with E-state index in [0.29, 0.717) is 58.0 Å². The molecule has 7 heteroatoms. The van der Waals surface area contributed by atoms with Gasteiger partial charge in [-0.1, -0.05) is 0 Å². The van der Waals surface area contributed by atoms with Crippen molar-refractivity contribution >= 4 is 17.3 Å². The number of anilines is 2. The Morgan fingerprint density at radius 1 is 1.13 bits per heavy atom. The van der Waals surface area contributed by atoms with Gasteiger partial charge in [-0.2, -0.15) is 0 Å². The lowest BCUT2D eigenvalue weighted by Gasteiger charge is -2.32. The lowest BCUT2D eigenvalue weighted by molar-refractivity contribution is -0.124. The van der Waals surface area contributed by atoms with E-state index in [4.69, 9.17) is 15.2 Å². The zero-order valence-electron chi connectivity index (χ0n) is 13.0. The van der Waals surface area contributed by atoms with Crippen molar-refractivity contribution in [3.8, 4) is 0 Å². The SMILES string of the molecule is NC1(C(=O)Nc2cc(F)cc(N3CCOCC3)c2)CCOCC1. The van der Waals surface area contributed by atoms with Gasteiger partial charge in [0.05, 0.1) is 13.2 Å². The Morgan fingerprint density at radius 3 is 2.48 bits per heavy atom. The van der Waals surface area contributed by atoms with Gasteiger partial charge in [0.25, 0.3) is 0 Å². The minimum atomic E-state index is -0.955. The minimum Gasteiger partial charge on any atom is -0.381 e. The predicted octanol–water partition coefficient (Wildman–Crippen LogP) is 1.11. The van der Waals surface area contributed by atoms with Gasteiger partial charge in [0.15, 0.2) is 0 Å². The number of benzene rings is 1. The molecule has 0 aliphatic carbocycles. The van der Waals surface area contributed by atoms with E-state index in [-0.39, 0.29) is 11.7 Å². The standard InChI is InChI=1S/C16H22FN3O3/c17-12-9-13(11-14(10-12)20-3-7-23-8-4-20)19-15(21)16(18)1-5-22-6-2-16/h9-11H,1-8,18H2,(H,19,21). The fourth-order valence-electron chi connectivity index (χ4n) is 2.87. The monoisotopic (exact) mass is 323 g/mol. The largest absolute Gasteiger partial charge is 0.381 e. The Bertz CT molecular complexity index is 570. The molecule has 126 valence electrons. The number of carbonyl (C=O) groups excluding carboxylic acids is 1. The van der Waals surface area contributed by atoms with Gasteiger partial charge >= 0.3 is 0 Å². The molecule has 2 aliphatic heterocycles. The van der Waals surface area contributed by atoms with Gasteiger partial charge in [-0.25, -0.2) is 4.39 Å². The first-order valence-electron chi connectivity index (χ1n) is 7.88. The van der Waals surface area contributed by atoms with Gasteiger partial charge in [-0.15, -0.1) is 0 Å². The number of nitrogens with two attached hydrogens (primary N) is 1. The maximum Gasteiger partial charge on any atom is 0.244 e. The molecular weight excluding hydrogens is 301 g/mol. The van der Waals surface area contributed by atoms with Crippen molar-refractivity contribution in [2.24, 2.45) is 5.73 Å². The van der Waals surface area contributed by atoms with Crippen molar-refractivity contribution in [3.05, 3.63) is 24.0 Å². The molecule has 0 aromatic heterocycles. The summed E-state index contributed by atoms with van der Waals surface area (Å²) in [6.45, 7) is 3.57. The Hall–Kier alpha value is -1.70. The number of carbonyl (C=O) groups is 1. The summed E-state index contributed by atoms with van der Waals surface area (Å²) < 4.78 is 24.5. The van der Waals surface area contributed by atoms with Crippen LogP contribution < -0.4 is 16.0 Å². The Morgan fingerprint density at radius 2 is 1.78 bits per heavy atom. The van der Waals surface area contributed by atoms with Crippen LogP contribution in [0, 0.1) is 5.82 Å². The third-order valence-corrected chi connectivity index (χ3v) is 4.35. The highest BCUT2D eigenvalue weighted by atomic mass is 19.1. The first-order valence-corrected chi connectivity index (χ1v) is 7.88. The summed E-state index contributed by atoms with van der Waals surface area (Å²) >= 11 is 0. The zero-order chi connectivity index (χ0) is 16.3. The van der Waals surface area contributed by atoms with Gasteiger partial charge in [-0.3, -0.25) is 4.79 Å². The highest BCUT2D eigenvalue weighted by Gasteiger charge is 2.36. The second kappa shape index (κ2) is 6.82. The fraction of sp³-hybridized carbons (Fsp3) is 0.562. The topological polar surface area (TPSA) is 76.8 Å². The Kier molecular flexibility index (Phi) is 4.79. The molecule has 0 bridgehead atoms. The van der Waals surface area contributed by atoms with Crippen molar-refractivity contribution in [2.45, 2.75) is 18.4 Å². The number of nitrogens with zero attached hydrogens (tertiary/aromatic N) is 1. The molecule has 3 rings (SSSR count). The van der Waals surface area contributed by atoms with Crippen LogP contribution in [0.4, 0.5) is 15.8 Å². The summed E-state index contributed by atoms with van der Waals surface area (Å²) in [5, 5.41) is 2.76. The molecule has 1 amide bonds. The molecule has 0 spiro atoms.